The first kappa shape index (κ1) is 27.3. The summed E-state index contributed by atoms with van der Waals surface area (Å²) in [5.74, 6) is 0.384. The molecule has 5 heteroatoms. The fraction of sp³-hybridized carbons (Fsp3) is 0.219. The number of ether oxygens (including phenoxy) is 1. The van der Waals surface area contributed by atoms with E-state index in [1.165, 1.54) is 20.3 Å². The Bertz CT molecular complexity index is 1460. The van der Waals surface area contributed by atoms with Crippen molar-refractivity contribution in [1.82, 2.24) is 0 Å². The topological polar surface area (TPSA) is 38.7 Å². The number of halogens is 1. The number of hydrogen-bond donors (Lipinski definition) is 0. The molecule has 1 unspecified atom stereocenters. The van der Waals surface area contributed by atoms with Crippen LogP contribution in [0.5, 0.6) is 5.75 Å². The monoisotopic (exact) mass is 621 g/mol. The Balaban J connectivity index is 1.97. The number of aryl methyl sites for hydroxylation is 2. The van der Waals surface area contributed by atoms with Crippen molar-refractivity contribution in [2.45, 2.75) is 49.8 Å². The Kier molecular flexibility index (Phi) is 8.34. The zero-order chi connectivity index (χ0) is 26.7. The highest BCUT2D eigenvalue weighted by atomic mass is 127. The molecule has 0 aromatic heterocycles. The molecular weight excluding hydrogens is 589 g/mol. The largest absolute Gasteiger partial charge is 0.497 e. The van der Waals surface area contributed by atoms with Gasteiger partial charge in [-0.25, -0.2) is 0 Å². The minimum atomic E-state index is -0.833. The second-order valence-corrected chi connectivity index (χ2v) is 12.9. The van der Waals surface area contributed by atoms with Crippen LogP contribution < -0.4 is 4.74 Å². The molecule has 190 valence electrons. The Morgan fingerprint density at radius 3 is 2.08 bits per heavy atom. The van der Waals surface area contributed by atoms with Gasteiger partial charge in [0, 0.05) is 24.5 Å². The van der Waals surface area contributed by atoms with Crippen LogP contribution in [0.3, 0.4) is 0 Å². The van der Waals surface area contributed by atoms with Crippen LogP contribution in [-0.2, 0) is 16.1 Å². The number of nitrogens with zero attached hydrogens (tertiary/aromatic N) is 1. The van der Waals surface area contributed by atoms with E-state index >= 15 is 0 Å². The van der Waals surface area contributed by atoms with Gasteiger partial charge in [-0.3, -0.25) is 4.79 Å². The second-order valence-electron chi connectivity index (χ2n) is 10.1. The average Bonchev–Trinajstić information content (AvgIpc) is 2.87. The van der Waals surface area contributed by atoms with Crippen LogP contribution in [-0.4, -0.2) is 13.0 Å². The molecule has 0 spiro atoms. The van der Waals surface area contributed by atoms with Crippen molar-refractivity contribution in [3.05, 3.63) is 111 Å². The lowest BCUT2D eigenvalue weighted by Gasteiger charge is -2.21. The molecule has 4 aromatic carbocycles. The molecule has 0 saturated heterocycles. The molecule has 0 bridgehead atoms. The number of benzene rings is 4. The van der Waals surface area contributed by atoms with Gasteiger partial charge in [-0.2, -0.15) is 4.36 Å². The molecule has 3 nitrogen and oxygen atoms in total. The van der Waals surface area contributed by atoms with E-state index in [4.69, 9.17) is 9.10 Å². The molecule has 1 atom stereocenters. The van der Waals surface area contributed by atoms with Crippen molar-refractivity contribution in [3.63, 3.8) is 0 Å². The van der Waals surface area contributed by atoms with E-state index in [-0.39, 0.29) is 11.3 Å². The highest BCUT2D eigenvalue weighted by Crippen LogP contribution is 2.38. The van der Waals surface area contributed by atoms with Gasteiger partial charge in [0.1, 0.15) is 5.75 Å². The quantitative estimate of drug-likeness (QED) is 0.209. The van der Waals surface area contributed by atoms with Gasteiger partial charge in [-0.15, -0.1) is 0 Å². The van der Waals surface area contributed by atoms with Gasteiger partial charge >= 0.3 is 0 Å². The summed E-state index contributed by atoms with van der Waals surface area (Å²) in [7, 11) is 0.769. The van der Waals surface area contributed by atoms with E-state index in [0.29, 0.717) is 11.3 Å². The van der Waals surface area contributed by atoms with Crippen molar-refractivity contribution >= 4 is 39.2 Å². The van der Waals surface area contributed by atoms with Gasteiger partial charge in [-0.05, 0) is 117 Å². The Labute approximate surface area is 236 Å². The maximum atomic E-state index is 13.5. The zero-order valence-corrected chi connectivity index (χ0v) is 25.1. The van der Waals surface area contributed by atoms with E-state index in [9.17, 15) is 4.79 Å². The maximum absolute atomic E-state index is 13.5. The Morgan fingerprint density at radius 1 is 0.838 bits per heavy atom. The molecule has 0 N–H and O–H groups in total. The van der Waals surface area contributed by atoms with E-state index in [1.54, 1.807) is 19.2 Å². The standard InChI is InChI=1S/C32H32INO2S/c1-21-10-7-14-27(33)29(21)30-22(2)11-8-15-28(30)37(26-18-16-24(17-19-26)32(3,4)5)34-31(35)23-12-9-13-25(20-23)36-6/h7-20H,1-6H3. The van der Waals surface area contributed by atoms with Gasteiger partial charge in [-0.1, -0.05) is 63.2 Å². The third-order valence-electron chi connectivity index (χ3n) is 6.35. The first-order valence-electron chi connectivity index (χ1n) is 12.2. The van der Waals surface area contributed by atoms with Gasteiger partial charge in [0.05, 0.1) is 7.11 Å². The maximum Gasteiger partial charge on any atom is 0.283 e. The SMILES string of the molecule is COc1cccc(C(=O)N=S(c2ccc(C(C)(C)C)cc2)c2cccc(C)c2-c2c(C)cccc2I)c1. The molecular formula is C32H32INO2S. The predicted molar refractivity (Wildman–Crippen MR) is 163 cm³/mol. The third kappa shape index (κ3) is 6.04. The second kappa shape index (κ2) is 11.3. The van der Waals surface area contributed by atoms with Gasteiger partial charge in [0.25, 0.3) is 5.91 Å². The number of rotatable bonds is 5. The first-order valence-corrected chi connectivity index (χ1v) is 14.5. The minimum Gasteiger partial charge on any atom is -0.497 e. The smallest absolute Gasteiger partial charge is 0.283 e. The molecule has 0 aliphatic carbocycles. The van der Waals surface area contributed by atoms with Gasteiger partial charge < -0.3 is 4.74 Å². The lowest BCUT2D eigenvalue weighted by Crippen LogP contribution is -2.11. The highest BCUT2D eigenvalue weighted by molar-refractivity contribution is 14.1. The fourth-order valence-electron chi connectivity index (χ4n) is 4.28. The minimum absolute atomic E-state index is 0.0381. The summed E-state index contributed by atoms with van der Waals surface area (Å²) in [5.41, 5.74) is 6.51. The molecule has 0 saturated carbocycles. The molecule has 1 amide bonds. The number of carbonyl (C=O) groups is 1. The summed E-state index contributed by atoms with van der Waals surface area (Å²) >= 11 is 2.41. The zero-order valence-electron chi connectivity index (χ0n) is 22.1. The predicted octanol–water partition coefficient (Wildman–Crippen LogP) is 8.94. The van der Waals surface area contributed by atoms with Crippen LogP contribution in [0.25, 0.3) is 11.1 Å². The van der Waals surface area contributed by atoms with E-state index in [1.807, 2.05) is 12.1 Å². The Hall–Kier alpha value is -2.77. The summed E-state index contributed by atoms with van der Waals surface area (Å²) in [5, 5.41) is 0. The van der Waals surface area contributed by atoms with Crippen LogP contribution in [0, 0.1) is 17.4 Å². The van der Waals surface area contributed by atoms with Crippen LogP contribution in [0.15, 0.2) is 99.1 Å². The summed E-state index contributed by atoms with van der Waals surface area (Å²) < 4.78 is 11.4. The van der Waals surface area contributed by atoms with E-state index < -0.39 is 10.7 Å². The lowest BCUT2D eigenvalue weighted by atomic mass is 9.87. The molecule has 4 rings (SSSR count). The van der Waals surface area contributed by atoms with Gasteiger partial charge in [0.2, 0.25) is 0 Å². The highest BCUT2D eigenvalue weighted by Gasteiger charge is 2.20. The summed E-state index contributed by atoms with van der Waals surface area (Å²) in [6, 6.07) is 28.4. The number of amides is 1. The van der Waals surface area contributed by atoms with Gasteiger partial charge in [0.15, 0.2) is 0 Å². The third-order valence-corrected chi connectivity index (χ3v) is 9.07. The van der Waals surface area contributed by atoms with Crippen molar-refractivity contribution in [3.8, 4) is 16.9 Å². The van der Waals surface area contributed by atoms with Crippen LogP contribution >= 0.6 is 22.6 Å². The molecule has 0 aliphatic heterocycles. The normalized spacial score (nSPS) is 12.4. The average molecular weight is 622 g/mol. The molecule has 0 aliphatic rings. The fourth-order valence-corrected chi connectivity index (χ4v) is 6.96. The van der Waals surface area contributed by atoms with Crippen molar-refractivity contribution in [1.29, 1.82) is 0 Å². The van der Waals surface area contributed by atoms with Crippen LogP contribution in [0.2, 0.25) is 0 Å². The molecule has 4 aromatic rings. The number of carbonyl (C=O) groups excluding carboxylic acids is 1. The Morgan fingerprint density at radius 2 is 1.46 bits per heavy atom. The number of hydrogen-bond acceptors (Lipinski definition) is 2. The van der Waals surface area contributed by atoms with Crippen LogP contribution in [0.4, 0.5) is 0 Å². The number of methoxy groups -OCH3 is 1. The van der Waals surface area contributed by atoms with E-state index in [0.717, 1.165) is 20.9 Å². The molecule has 37 heavy (non-hydrogen) atoms. The molecule has 0 fully saturated rings. The summed E-state index contributed by atoms with van der Waals surface area (Å²) in [4.78, 5) is 15.6. The lowest BCUT2D eigenvalue weighted by molar-refractivity contribution is 0.100. The first-order chi connectivity index (χ1) is 17.6. The molecule has 0 radical (unpaired) electrons. The van der Waals surface area contributed by atoms with E-state index in [2.05, 4.69) is 118 Å². The van der Waals surface area contributed by atoms with Crippen molar-refractivity contribution in [2.24, 2.45) is 4.36 Å². The summed E-state index contributed by atoms with van der Waals surface area (Å²) in [6.07, 6.45) is 0. The molecule has 0 heterocycles. The van der Waals surface area contributed by atoms with Crippen LogP contribution in [0.1, 0.15) is 47.8 Å². The van der Waals surface area contributed by atoms with Crippen molar-refractivity contribution in [2.75, 3.05) is 7.11 Å². The van der Waals surface area contributed by atoms with Crippen molar-refractivity contribution < 1.29 is 9.53 Å². The summed E-state index contributed by atoms with van der Waals surface area (Å²) in [6.45, 7) is 10.9.